The Morgan fingerprint density at radius 2 is 2.18 bits per heavy atom. The Bertz CT molecular complexity index is 553. The highest BCUT2D eigenvalue weighted by atomic mass is 79.9. The molecule has 5 heteroatoms. The van der Waals surface area contributed by atoms with Crippen LogP contribution in [0.15, 0.2) is 28.3 Å². The maximum absolute atomic E-state index is 13.5. The van der Waals surface area contributed by atoms with Gasteiger partial charge in [-0.05, 0) is 47.0 Å². The third-order valence-electron chi connectivity index (χ3n) is 2.70. The number of nitrogens with zero attached hydrogens (tertiary/aromatic N) is 1. The average molecular weight is 316 g/mol. The molecular weight excluding hydrogens is 305 g/mol. The SMILES string of the molecule is Cc1ccc(C(C)(O)c2scnc2Br)cc1F. The van der Waals surface area contributed by atoms with E-state index in [1.807, 2.05) is 0 Å². The summed E-state index contributed by atoms with van der Waals surface area (Å²) in [6, 6.07) is 4.75. The Kier molecular flexibility index (Phi) is 3.34. The van der Waals surface area contributed by atoms with Gasteiger partial charge in [-0.1, -0.05) is 12.1 Å². The van der Waals surface area contributed by atoms with Crippen molar-refractivity contribution < 1.29 is 9.50 Å². The molecule has 0 amide bonds. The van der Waals surface area contributed by atoms with Gasteiger partial charge in [0.15, 0.2) is 0 Å². The van der Waals surface area contributed by atoms with Crippen molar-refractivity contribution in [1.82, 2.24) is 4.98 Å². The summed E-state index contributed by atoms with van der Waals surface area (Å²) in [7, 11) is 0. The van der Waals surface area contributed by atoms with Crippen molar-refractivity contribution in [1.29, 1.82) is 0 Å². The molecule has 0 aliphatic rings. The average Bonchev–Trinajstić information content (AvgIpc) is 2.69. The largest absolute Gasteiger partial charge is 0.380 e. The number of benzene rings is 1. The van der Waals surface area contributed by atoms with Crippen molar-refractivity contribution in [2.75, 3.05) is 0 Å². The Hall–Kier alpha value is -0.780. The first-order chi connectivity index (χ1) is 7.93. The van der Waals surface area contributed by atoms with Crippen molar-refractivity contribution >= 4 is 27.3 Å². The van der Waals surface area contributed by atoms with Gasteiger partial charge in [0.1, 0.15) is 16.0 Å². The molecule has 1 heterocycles. The minimum atomic E-state index is -1.24. The van der Waals surface area contributed by atoms with Crippen LogP contribution in [-0.2, 0) is 5.60 Å². The summed E-state index contributed by atoms with van der Waals surface area (Å²) in [5.74, 6) is -0.316. The fourth-order valence-corrected chi connectivity index (χ4v) is 3.24. The molecule has 2 nitrogen and oxygen atoms in total. The minimum absolute atomic E-state index is 0.316. The van der Waals surface area contributed by atoms with Crippen LogP contribution >= 0.6 is 27.3 Å². The smallest absolute Gasteiger partial charge is 0.126 e. The number of rotatable bonds is 2. The van der Waals surface area contributed by atoms with Crippen molar-refractivity contribution in [3.8, 4) is 0 Å². The van der Waals surface area contributed by atoms with Crippen LogP contribution in [0.1, 0.15) is 22.9 Å². The zero-order valence-electron chi connectivity index (χ0n) is 9.37. The lowest BCUT2D eigenvalue weighted by Gasteiger charge is -2.23. The van der Waals surface area contributed by atoms with E-state index in [4.69, 9.17) is 0 Å². The van der Waals surface area contributed by atoms with Gasteiger partial charge in [-0.2, -0.15) is 0 Å². The topological polar surface area (TPSA) is 33.1 Å². The number of aliphatic hydroxyl groups is 1. The third-order valence-corrected chi connectivity index (χ3v) is 4.60. The first-order valence-electron chi connectivity index (χ1n) is 5.01. The molecule has 1 aromatic heterocycles. The highest BCUT2D eigenvalue weighted by Crippen LogP contribution is 2.36. The molecule has 90 valence electrons. The van der Waals surface area contributed by atoms with E-state index >= 15 is 0 Å². The molecule has 0 aliphatic carbocycles. The second kappa shape index (κ2) is 4.48. The highest BCUT2D eigenvalue weighted by molar-refractivity contribution is 9.10. The molecule has 1 aromatic carbocycles. The molecular formula is C12H11BrFNOS. The van der Waals surface area contributed by atoms with Crippen LogP contribution < -0.4 is 0 Å². The van der Waals surface area contributed by atoms with E-state index in [9.17, 15) is 9.50 Å². The molecule has 0 saturated heterocycles. The van der Waals surface area contributed by atoms with Gasteiger partial charge in [0, 0.05) is 0 Å². The Morgan fingerprint density at radius 3 is 2.71 bits per heavy atom. The molecule has 2 aromatic rings. The zero-order chi connectivity index (χ0) is 12.6. The Labute approximate surface area is 111 Å². The Morgan fingerprint density at radius 1 is 1.47 bits per heavy atom. The second-order valence-corrected chi connectivity index (χ2v) is 5.61. The van der Waals surface area contributed by atoms with Crippen molar-refractivity contribution in [2.24, 2.45) is 0 Å². The van der Waals surface area contributed by atoms with E-state index in [0.717, 1.165) is 0 Å². The van der Waals surface area contributed by atoms with E-state index < -0.39 is 5.60 Å². The van der Waals surface area contributed by atoms with Crippen molar-refractivity contribution in [3.05, 3.63) is 50.1 Å². The van der Waals surface area contributed by atoms with Gasteiger partial charge < -0.3 is 5.11 Å². The first kappa shape index (κ1) is 12.7. The molecule has 1 atom stereocenters. The molecule has 0 spiro atoms. The number of aromatic nitrogens is 1. The molecule has 2 rings (SSSR count). The van der Waals surface area contributed by atoms with Crippen LogP contribution in [0.2, 0.25) is 0 Å². The summed E-state index contributed by atoms with van der Waals surface area (Å²) >= 11 is 4.61. The molecule has 0 aliphatic heterocycles. The van der Waals surface area contributed by atoms with Crippen molar-refractivity contribution in [3.63, 3.8) is 0 Å². The fourth-order valence-electron chi connectivity index (χ4n) is 1.57. The maximum Gasteiger partial charge on any atom is 0.126 e. The number of aryl methyl sites for hydroxylation is 1. The Balaban J connectivity index is 2.51. The molecule has 0 radical (unpaired) electrons. The maximum atomic E-state index is 13.5. The summed E-state index contributed by atoms with van der Waals surface area (Å²) in [4.78, 5) is 4.70. The van der Waals surface area contributed by atoms with E-state index in [-0.39, 0.29) is 5.82 Å². The van der Waals surface area contributed by atoms with Crippen LogP contribution in [0.3, 0.4) is 0 Å². The number of thiazole rings is 1. The van der Waals surface area contributed by atoms with Gasteiger partial charge in [0.05, 0.1) is 10.4 Å². The lowest BCUT2D eigenvalue weighted by atomic mass is 9.94. The number of hydrogen-bond donors (Lipinski definition) is 1. The minimum Gasteiger partial charge on any atom is -0.380 e. The lowest BCUT2D eigenvalue weighted by Crippen LogP contribution is -2.22. The van der Waals surface area contributed by atoms with Gasteiger partial charge in [0.2, 0.25) is 0 Å². The summed E-state index contributed by atoms with van der Waals surface area (Å²) < 4.78 is 14.1. The van der Waals surface area contributed by atoms with Crippen LogP contribution in [-0.4, -0.2) is 10.1 Å². The van der Waals surface area contributed by atoms with E-state index in [0.29, 0.717) is 20.6 Å². The zero-order valence-corrected chi connectivity index (χ0v) is 11.8. The number of halogens is 2. The van der Waals surface area contributed by atoms with Gasteiger partial charge in [-0.3, -0.25) is 0 Å². The fraction of sp³-hybridized carbons (Fsp3) is 0.250. The monoisotopic (exact) mass is 315 g/mol. The van der Waals surface area contributed by atoms with Crippen molar-refractivity contribution in [2.45, 2.75) is 19.4 Å². The predicted octanol–water partition coefficient (Wildman–Crippen LogP) is 3.61. The summed E-state index contributed by atoms with van der Waals surface area (Å²) in [6.45, 7) is 3.33. The molecule has 1 N–H and O–H groups in total. The lowest BCUT2D eigenvalue weighted by molar-refractivity contribution is 0.105. The van der Waals surface area contributed by atoms with E-state index in [1.54, 1.807) is 31.5 Å². The highest BCUT2D eigenvalue weighted by Gasteiger charge is 2.30. The summed E-state index contributed by atoms with van der Waals surface area (Å²) in [6.07, 6.45) is 0. The quantitative estimate of drug-likeness (QED) is 0.918. The van der Waals surface area contributed by atoms with Gasteiger partial charge in [-0.25, -0.2) is 9.37 Å². The molecule has 0 bridgehead atoms. The van der Waals surface area contributed by atoms with Crippen LogP contribution in [0.4, 0.5) is 4.39 Å². The van der Waals surface area contributed by atoms with Gasteiger partial charge >= 0.3 is 0 Å². The molecule has 0 fully saturated rings. The van der Waals surface area contributed by atoms with Gasteiger partial charge in [0.25, 0.3) is 0 Å². The van der Waals surface area contributed by atoms with Crippen LogP contribution in [0.5, 0.6) is 0 Å². The van der Waals surface area contributed by atoms with E-state index in [1.165, 1.54) is 17.4 Å². The van der Waals surface area contributed by atoms with Crippen LogP contribution in [0.25, 0.3) is 0 Å². The molecule has 0 saturated carbocycles. The van der Waals surface area contributed by atoms with Crippen LogP contribution in [0, 0.1) is 12.7 Å². The standard InChI is InChI=1S/C12H11BrFNOS/c1-7-3-4-8(5-9(7)14)12(2,16)10-11(13)15-6-17-10/h3-6,16H,1-2H3. The second-order valence-electron chi connectivity index (χ2n) is 4.01. The molecule has 17 heavy (non-hydrogen) atoms. The molecule has 1 unspecified atom stereocenters. The van der Waals surface area contributed by atoms with Gasteiger partial charge in [-0.15, -0.1) is 11.3 Å². The summed E-state index contributed by atoms with van der Waals surface area (Å²) in [5, 5.41) is 10.5. The third kappa shape index (κ3) is 2.27. The summed E-state index contributed by atoms with van der Waals surface area (Å²) in [5.41, 5.74) is 1.48. The predicted molar refractivity (Wildman–Crippen MR) is 69.6 cm³/mol. The normalized spacial score (nSPS) is 14.6. The first-order valence-corrected chi connectivity index (χ1v) is 6.68. The number of hydrogen-bond acceptors (Lipinski definition) is 3. The van der Waals surface area contributed by atoms with E-state index in [2.05, 4.69) is 20.9 Å².